The molecule has 0 aromatic heterocycles. The Morgan fingerprint density at radius 2 is 2.12 bits per heavy atom. The van der Waals surface area contributed by atoms with Crippen molar-refractivity contribution in [1.29, 1.82) is 0 Å². The van der Waals surface area contributed by atoms with Gasteiger partial charge in [-0.25, -0.2) is 0 Å². The molecule has 2 fully saturated rings. The lowest BCUT2D eigenvalue weighted by atomic mass is 9.83. The van der Waals surface area contributed by atoms with Crippen LogP contribution >= 0.6 is 0 Å². The SMILES string of the molecule is CCCC1(C(=O)O)CCN(C(=O)CC2CC2)C1. The Labute approximate surface area is 102 Å². The molecule has 0 aromatic carbocycles. The molecule has 1 unspecified atom stereocenters. The molecule has 1 aliphatic carbocycles. The molecule has 0 spiro atoms. The van der Waals surface area contributed by atoms with Crippen molar-refractivity contribution in [3.8, 4) is 0 Å². The van der Waals surface area contributed by atoms with Crippen molar-refractivity contribution in [1.82, 2.24) is 4.90 Å². The molecule has 4 nitrogen and oxygen atoms in total. The maximum Gasteiger partial charge on any atom is 0.311 e. The number of rotatable bonds is 5. The van der Waals surface area contributed by atoms with Crippen LogP contribution in [0.25, 0.3) is 0 Å². The average molecular weight is 239 g/mol. The lowest BCUT2D eigenvalue weighted by molar-refractivity contribution is -0.149. The van der Waals surface area contributed by atoms with Gasteiger partial charge in [0.05, 0.1) is 5.41 Å². The first-order valence-corrected chi connectivity index (χ1v) is 6.58. The van der Waals surface area contributed by atoms with Crippen LogP contribution in [0.3, 0.4) is 0 Å². The van der Waals surface area contributed by atoms with Crippen LogP contribution in [0.1, 0.15) is 45.4 Å². The lowest BCUT2D eigenvalue weighted by Gasteiger charge is -2.24. The first-order chi connectivity index (χ1) is 8.07. The molecule has 17 heavy (non-hydrogen) atoms. The molecule has 1 heterocycles. The van der Waals surface area contributed by atoms with Gasteiger partial charge in [0.2, 0.25) is 5.91 Å². The topological polar surface area (TPSA) is 57.6 Å². The van der Waals surface area contributed by atoms with Gasteiger partial charge in [-0.15, -0.1) is 0 Å². The van der Waals surface area contributed by atoms with E-state index in [1.807, 2.05) is 6.92 Å². The number of carbonyl (C=O) groups excluding carboxylic acids is 1. The molecular formula is C13H21NO3. The van der Waals surface area contributed by atoms with Crippen LogP contribution in [0.15, 0.2) is 0 Å². The molecule has 1 aliphatic heterocycles. The quantitative estimate of drug-likeness (QED) is 0.797. The number of hydrogen-bond acceptors (Lipinski definition) is 2. The third-order valence-corrected chi connectivity index (χ3v) is 4.05. The molecule has 96 valence electrons. The van der Waals surface area contributed by atoms with Gasteiger partial charge in [-0.1, -0.05) is 13.3 Å². The van der Waals surface area contributed by atoms with Crippen LogP contribution in [0, 0.1) is 11.3 Å². The fourth-order valence-corrected chi connectivity index (χ4v) is 2.75. The van der Waals surface area contributed by atoms with Crippen molar-refractivity contribution in [2.24, 2.45) is 11.3 Å². The summed E-state index contributed by atoms with van der Waals surface area (Å²) in [6.07, 6.45) is 5.11. The zero-order chi connectivity index (χ0) is 12.5. The van der Waals surface area contributed by atoms with E-state index in [1.54, 1.807) is 4.90 Å². The highest BCUT2D eigenvalue weighted by atomic mass is 16.4. The van der Waals surface area contributed by atoms with Gasteiger partial charge in [-0.2, -0.15) is 0 Å². The van der Waals surface area contributed by atoms with Gasteiger partial charge < -0.3 is 10.0 Å². The van der Waals surface area contributed by atoms with Crippen molar-refractivity contribution in [3.63, 3.8) is 0 Å². The first-order valence-electron chi connectivity index (χ1n) is 6.58. The smallest absolute Gasteiger partial charge is 0.311 e. The predicted octanol–water partition coefficient (Wildman–Crippen LogP) is 1.89. The van der Waals surface area contributed by atoms with E-state index in [1.165, 1.54) is 12.8 Å². The van der Waals surface area contributed by atoms with Crippen molar-refractivity contribution in [3.05, 3.63) is 0 Å². The second kappa shape index (κ2) is 4.67. The monoisotopic (exact) mass is 239 g/mol. The van der Waals surface area contributed by atoms with Crippen molar-refractivity contribution in [2.45, 2.75) is 45.4 Å². The van der Waals surface area contributed by atoms with Gasteiger partial charge in [0.25, 0.3) is 0 Å². The molecule has 2 aliphatic rings. The molecule has 4 heteroatoms. The standard InChI is InChI=1S/C13H21NO3/c1-2-5-13(12(16)17)6-7-14(9-13)11(15)8-10-3-4-10/h10H,2-9H2,1H3,(H,16,17). The molecule has 1 amide bonds. The van der Waals surface area contributed by atoms with Gasteiger partial charge in [0, 0.05) is 19.5 Å². The third kappa shape index (κ3) is 2.61. The molecule has 1 atom stereocenters. The molecule has 2 rings (SSSR count). The van der Waals surface area contributed by atoms with E-state index in [-0.39, 0.29) is 5.91 Å². The summed E-state index contributed by atoms with van der Waals surface area (Å²) in [5.74, 6) is 0.00121. The summed E-state index contributed by atoms with van der Waals surface area (Å²) in [6, 6.07) is 0. The Bertz CT molecular complexity index is 325. The number of carboxylic acid groups (broad SMARTS) is 1. The molecule has 1 saturated heterocycles. The Hall–Kier alpha value is -1.06. The molecular weight excluding hydrogens is 218 g/mol. The van der Waals surface area contributed by atoms with Gasteiger partial charge in [0.15, 0.2) is 0 Å². The lowest BCUT2D eigenvalue weighted by Crippen LogP contribution is -2.37. The first kappa shape index (κ1) is 12.4. The van der Waals surface area contributed by atoms with Gasteiger partial charge in [-0.3, -0.25) is 9.59 Å². The number of hydrogen-bond donors (Lipinski definition) is 1. The van der Waals surface area contributed by atoms with E-state index in [4.69, 9.17) is 0 Å². The Balaban J connectivity index is 1.95. The van der Waals surface area contributed by atoms with Gasteiger partial charge in [0.1, 0.15) is 0 Å². The summed E-state index contributed by atoms with van der Waals surface area (Å²) in [5.41, 5.74) is -0.673. The normalized spacial score (nSPS) is 28.4. The zero-order valence-electron chi connectivity index (χ0n) is 10.4. The summed E-state index contributed by atoms with van der Waals surface area (Å²) in [6.45, 7) is 3.04. The Morgan fingerprint density at radius 1 is 1.41 bits per heavy atom. The highest BCUT2D eigenvalue weighted by molar-refractivity contribution is 5.81. The van der Waals surface area contributed by atoms with E-state index in [0.717, 1.165) is 6.42 Å². The molecule has 1 N–H and O–H groups in total. The number of nitrogens with zero attached hydrogens (tertiary/aromatic N) is 1. The number of carbonyl (C=O) groups is 2. The highest BCUT2D eigenvalue weighted by Crippen LogP contribution is 2.38. The predicted molar refractivity (Wildman–Crippen MR) is 63.5 cm³/mol. The molecule has 0 aromatic rings. The zero-order valence-corrected chi connectivity index (χ0v) is 10.4. The van der Waals surface area contributed by atoms with E-state index in [0.29, 0.717) is 38.3 Å². The third-order valence-electron chi connectivity index (χ3n) is 4.05. The van der Waals surface area contributed by atoms with Crippen LogP contribution in [0.4, 0.5) is 0 Å². The second-order valence-electron chi connectivity index (χ2n) is 5.55. The average Bonchev–Trinajstić information content (AvgIpc) is 2.96. The summed E-state index contributed by atoms with van der Waals surface area (Å²) in [7, 11) is 0. The molecule has 0 radical (unpaired) electrons. The summed E-state index contributed by atoms with van der Waals surface area (Å²) >= 11 is 0. The second-order valence-corrected chi connectivity index (χ2v) is 5.55. The maximum absolute atomic E-state index is 11.9. The summed E-state index contributed by atoms with van der Waals surface area (Å²) in [5, 5.41) is 9.35. The van der Waals surface area contributed by atoms with Gasteiger partial charge >= 0.3 is 5.97 Å². The van der Waals surface area contributed by atoms with Crippen LogP contribution in [0.5, 0.6) is 0 Å². The Morgan fingerprint density at radius 3 is 2.65 bits per heavy atom. The highest BCUT2D eigenvalue weighted by Gasteiger charge is 2.45. The van der Waals surface area contributed by atoms with Crippen LogP contribution in [-0.4, -0.2) is 35.0 Å². The minimum Gasteiger partial charge on any atom is -0.481 e. The minimum absolute atomic E-state index is 0.159. The summed E-state index contributed by atoms with van der Waals surface area (Å²) < 4.78 is 0. The minimum atomic E-state index is -0.735. The van der Waals surface area contributed by atoms with E-state index in [2.05, 4.69) is 0 Å². The number of carboxylic acids is 1. The Kier molecular flexibility index (Phi) is 3.40. The number of likely N-dealkylation sites (tertiary alicyclic amines) is 1. The summed E-state index contributed by atoms with van der Waals surface area (Å²) in [4.78, 5) is 25.1. The van der Waals surface area contributed by atoms with Crippen molar-refractivity contribution < 1.29 is 14.7 Å². The van der Waals surface area contributed by atoms with Crippen LogP contribution < -0.4 is 0 Å². The van der Waals surface area contributed by atoms with E-state index < -0.39 is 11.4 Å². The maximum atomic E-state index is 11.9. The van der Waals surface area contributed by atoms with E-state index >= 15 is 0 Å². The van der Waals surface area contributed by atoms with Gasteiger partial charge in [-0.05, 0) is 31.6 Å². The fourth-order valence-electron chi connectivity index (χ4n) is 2.75. The number of amides is 1. The van der Waals surface area contributed by atoms with E-state index in [9.17, 15) is 14.7 Å². The fraction of sp³-hybridized carbons (Fsp3) is 0.846. The molecule has 1 saturated carbocycles. The number of aliphatic carboxylic acids is 1. The van der Waals surface area contributed by atoms with Crippen LogP contribution in [0.2, 0.25) is 0 Å². The van der Waals surface area contributed by atoms with Crippen molar-refractivity contribution >= 4 is 11.9 Å². The van der Waals surface area contributed by atoms with Crippen molar-refractivity contribution in [2.75, 3.05) is 13.1 Å². The van der Waals surface area contributed by atoms with Crippen LogP contribution in [-0.2, 0) is 9.59 Å². The largest absolute Gasteiger partial charge is 0.481 e. The molecule has 0 bridgehead atoms.